The fourth-order valence-electron chi connectivity index (χ4n) is 2.56. The SMILES string of the molecule is Cc1occc1C(=O)OC(C)C(=O)NC(=O)NC1CCCCC1. The summed E-state index contributed by atoms with van der Waals surface area (Å²) in [7, 11) is 0. The van der Waals surface area contributed by atoms with Crippen molar-refractivity contribution >= 4 is 17.9 Å². The van der Waals surface area contributed by atoms with Gasteiger partial charge in [-0.3, -0.25) is 10.1 Å². The molecule has 0 aliphatic heterocycles. The Kier molecular flexibility index (Phi) is 5.78. The highest BCUT2D eigenvalue weighted by atomic mass is 16.5. The van der Waals surface area contributed by atoms with E-state index in [0.29, 0.717) is 5.76 Å². The molecule has 2 rings (SSSR count). The van der Waals surface area contributed by atoms with E-state index in [0.717, 1.165) is 25.7 Å². The average molecular weight is 322 g/mol. The maximum absolute atomic E-state index is 11.9. The molecule has 0 radical (unpaired) electrons. The van der Waals surface area contributed by atoms with Crippen LogP contribution in [-0.4, -0.2) is 30.1 Å². The van der Waals surface area contributed by atoms with Crippen molar-refractivity contribution < 1.29 is 23.5 Å². The van der Waals surface area contributed by atoms with Gasteiger partial charge < -0.3 is 14.5 Å². The number of nitrogens with one attached hydrogen (secondary N) is 2. The highest BCUT2D eigenvalue weighted by Gasteiger charge is 2.23. The van der Waals surface area contributed by atoms with Crippen LogP contribution in [0.1, 0.15) is 55.1 Å². The third-order valence-electron chi connectivity index (χ3n) is 3.91. The molecular formula is C16H22N2O5. The van der Waals surface area contributed by atoms with E-state index in [9.17, 15) is 14.4 Å². The number of urea groups is 1. The van der Waals surface area contributed by atoms with Crippen LogP contribution in [0.2, 0.25) is 0 Å². The molecule has 3 amide bonds. The Balaban J connectivity index is 1.79. The first-order valence-corrected chi connectivity index (χ1v) is 7.84. The number of hydrogen-bond acceptors (Lipinski definition) is 5. The molecule has 126 valence electrons. The van der Waals surface area contributed by atoms with Gasteiger partial charge in [0, 0.05) is 6.04 Å². The third kappa shape index (κ3) is 4.84. The van der Waals surface area contributed by atoms with Crippen molar-refractivity contribution in [1.82, 2.24) is 10.6 Å². The Morgan fingerprint density at radius 3 is 2.57 bits per heavy atom. The van der Waals surface area contributed by atoms with Gasteiger partial charge in [-0.15, -0.1) is 0 Å². The Bertz CT molecular complexity index is 575. The summed E-state index contributed by atoms with van der Waals surface area (Å²) in [5.74, 6) is -0.906. The van der Waals surface area contributed by atoms with Gasteiger partial charge in [0.15, 0.2) is 6.10 Å². The van der Waals surface area contributed by atoms with Gasteiger partial charge in [0.05, 0.1) is 6.26 Å². The molecule has 1 heterocycles. The lowest BCUT2D eigenvalue weighted by molar-refractivity contribution is -0.127. The number of amides is 3. The first-order valence-electron chi connectivity index (χ1n) is 7.84. The molecule has 23 heavy (non-hydrogen) atoms. The van der Waals surface area contributed by atoms with Crippen LogP contribution in [0.3, 0.4) is 0 Å². The van der Waals surface area contributed by atoms with Crippen molar-refractivity contribution in [2.45, 2.75) is 58.1 Å². The fraction of sp³-hybridized carbons (Fsp3) is 0.562. The number of aryl methyl sites for hydroxylation is 1. The van der Waals surface area contributed by atoms with Gasteiger partial charge in [-0.05, 0) is 32.8 Å². The molecule has 2 N–H and O–H groups in total. The number of rotatable bonds is 4. The van der Waals surface area contributed by atoms with Crippen LogP contribution in [0.15, 0.2) is 16.7 Å². The highest BCUT2D eigenvalue weighted by Crippen LogP contribution is 2.17. The molecule has 0 saturated heterocycles. The molecule has 0 bridgehead atoms. The molecule has 1 atom stereocenters. The number of ether oxygens (including phenoxy) is 1. The third-order valence-corrected chi connectivity index (χ3v) is 3.91. The van der Waals surface area contributed by atoms with Crippen LogP contribution < -0.4 is 10.6 Å². The van der Waals surface area contributed by atoms with Crippen LogP contribution in [0.4, 0.5) is 4.79 Å². The summed E-state index contributed by atoms with van der Waals surface area (Å²) in [4.78, 5) is 35.6. The predicted molar refractivity (Wildman–Crippen MR) is 81.9 cm³/mol. The zero-order chi connectivity index (χ0) is 16.8. The number of esters is 1. The molecular weight excluding hydrogens is 300 g/mol. The molecule has 7 heteroatoms. The fourth-order valence-corrected chi connectivity index (χ4v) is 2.56. The minimum absolute atomic E-state index is 0.1000. The van der Waals surface area contributed by atoms with E-state index in [1.807, 2.05) is 0 Å². The van der Waals surface area contributed by atoms with Crippen molar-refractivity contribution in [3.63, 3.8) is 0 Å². The van der Waals surface area contributed by atoms with E-state index in [4.69, 9.17) is 9.15 Å². The summed E-state index contributed by atoms with van der Waals surface area (Å²) in [5.41, 5.74) is 0.260. The zero-order valence-electron chi connectivity index (χ0n) is 13.4. The topological polar surface area (TPSA) is 97.6 Å². The summed E-state index contributed by atoms with van der Waals surface area (Å²) >= 11 is 0. The highest BCUT2D eigenvalue weighted by molar-refractivity contribution is 5.98. The Morgan fingerprint density at radius 1 is 1.26 bits per heavy atom. The molecule has 1 aliphatic carbocycles. The van der Waals surface area contributed by atoms with Gasteiger partial charge in [-0.25, -0.2) is 9.59 Å². The molecule has 7 nitrogen and oxygen atoms in total. The summed E-state index contributed by atoms with van der Waals surface area (Å²) in [5, 5.41) is 4.97. The van der Waals surface area contributed by atoms with E-state index in [1.54, 1.807) is 6.92 Å². The second-order valence-corrected chi connectivity index (χ2v) is 5.74. The largest absolute Gasteiger partial charge is 0.469 e. The quantitative estimate of drug-likeness (QED) is 0.829. The van der Waals surface area contributed by atoms with Crippen molar-refractivity contribution in [2.75, 3.05) is 0 Å². The van der Waals surface area contributed by atoms with Crippen molar-refractivity contribution in [3.05, 3.63) is 23.7 Å². The summed E-state index contributed by atoms with van der Waals surface area (Å²) in [6.07, 6.45) is 5.48. The van der Waals surface area contributed by atoms with Crippen LogP contribution in [0.5, 0.6) is 0 Å². The average Bonchev–Trinajstić information content (AvgIpc) is 2.94. The van der Waals surface area contributed by atoms with Gasteiger partial charge in [0.2, 0.25) is 0 Å². The van der Waals surface area contributed by atoms with E-state index >= 15 is 0 Å². The molecule has 1 fully saturated rings. The van der Waals surface area contributed by atoms with Crippen LogP contribution in [0.25, 0.3) is 0 Å². The number of imide groups is 1. The van der Waals surface area contributed by atoms with E-state index in [1.165, 1.54) is 25.7 Å². The first kappa shape index (κ1) is 17.1. The summed E-state index contributed by atoms with van der Waals surface area (Å²) in [6, 6.07) is 1.02. The van der Waals surface area contributed by atoms with Crippen LogP contribution in [0, 0.1) is 6.92 Å². The molecule has 0 aromatic carbocycles. The first-order chi connectivity index (χ1) is 11.0. The van der Waals surface area contributed by atoms with Crippen molar-refractivity contribution in [2.24, 2.45) is 0 Å². The van der Waals surface area contributed by atoms with Crippen LogP contribution in [-0.2, 0) is 9.53 Å². The Labute approximate surface area is 134 Å². The second-order valence-electron chi connectivity index (χ2n) is 5.74. The monoisotopic (exact) mass is 322 g/mol. The number of hydrogen-bond donors (Lipinski definition) is 2. The molecule has 0 spiro atoms. The Morgan fingerprint density at radius 2 is 1.96 bits per heavy atom. The smallest absolute Gasteiger partial charge is 0.342 e. The lowest BCUT2D eigenvalue weighted by atomic mass is 9.96. The summed E-state index contributed by atoms with van der Waals surface area (Å²) < 4.78 is 10.0. The van der Waals surface area contributed by atoms with Gasteiger partial charge in [0.25, 0.3) is 5.91 Å². The van der Waals surface area contributed by atoms with E-state index in [-0.39, 0.29) is 11.6 Å². The molecule has 1 aromatic heterocycles. The maximum atomic E-state index is 11.9. The zero-order valence-corrected chi connectivity index (χ0v) is 13.4. The van der Waals surface area contributed by atoms with Gasteiger partial charge in [0.1, 0.15) is 11.3 Å². The minimum atomic E-state index is -1.08. The number of furan rings is 1. The molecule has 1 aromatic rings. The van der Waals surface area contributed by atoms with Gasteiger partial charge >= 0.3 is 12.0 Å². The summed E-state index contributed by atoms with van der Waals surface area (Å²) in [6.45, 7) is 3.04. The minimum Gasteiger partial charge on any atom is -0.469 e. The maximum Gasteiger partial charge on any atom is 0.342 e. The molecule has 1 saturated carbocycles. The van der Waals surface area contributed by atoms with Gasteiger partial charge in [-0.2, -0.15) is 0 Å². The normalized spacial score (nSPS) is 16.4. The van der Waals surface area contributed by atoms with Crippen molar-refractivity contribution in [1.29, 1.82) is 0 Å². The second kappa shape index (κ2) is 7.80. The number of carbonyl (C=O) groups is 3. The lowest BCUT2D eigenvalue weighted by Gasteiger charge is -2.23. The number of carbonyl (C=O) groups excluding carboxylic acids is 3. The van der Waals surface area contributed by atoms with Crippen LogP contribution >= 0.6 is 0 Å². The van der Waals surface area contributed by atoms with Crippen molar-refractivity contribution in [3.8, 4) is 0 Å². The standard InChI is InChI=1S/C16H22N2O5/c1-10-13(8-9-22-10)15(20)23-11(2)14(19)18-16(21)17-12-6-4-3-5-7-12/h8-9,11-12H,3-7H2,1-2H3,(H2,17,18,19,21). The Hall–Kier alpha value is -2.31. The predicted octanol–water partition coefficient (Wildman–Crippen LogP) is 2.29. The molecule has 1 unspecified atom stereocenters. The lowest BCUT2D eigenvalue weighted by Crippen LogP contribution is -2.48. The molecule has 1 aliphatic rings. The van der Waals surface area contributed by atoms with E-state index in [2.05, 4.69) is 10.6 Å². The van der Waals surface area contributed by atoms with Gasteiger partial charge in [-0.1, -0.05) is 19.3 Å². The van der Waals surface area contributed by atoms with E-state index < -0.39 is 24.0 Å².